The molecule has 1 aromatic carbocycles. The predicted octanol–water partition coefficient (Wildman–Crippen LogP) is 0.762. The molecule has 6 atom stereocenters. The largest absolute Gasteiger partial charge is 0.497 e. The second kappa shape index (κ2) is 6.12. The predicted molar refractivity (Wildman–Crippen MR) is 75.2 cm³/mol. The molecule has 1 saturated heterocycles. The SMILES string of the molecule is COc1ccc(CO[C@H]2[C@H](O)[C@@H](N=[N+]=[N-])[C@H](O)[C@@H]3O[C@H]23)cc1. The van der Waals surface area contributed by atoms with Crippen molar-refractivity contribution >= 4 is 0 Å². The third-order valence-corrected chi connectivity index (χ3v) is 4.04. The highest BCUT2D eigenvalue weighted by Gasteiger charge is 2.60. The average Bonchev–Trinajstić information content (AvgIpc) is 3.32. The Hall–Kier alpha value is -1.83. The minimum Gasteiger partial charge on any atom is -0.497 e. The summed E-state index contributed by atoms with van der Waals surface area (Å²) in [6.07, 6.45) is -3.55. The van der Waals surface area contributed by atoms with Crippen LogP contribution in [0, 0.1) is 0 Å². The van der Waals surface area contributed by atoms with Gasteiger partial charge in [0.15, 0.2) is 0 Å². The molecule has 0 unspecified atom stereocenters. The molecule has 0 amide bonds. The fraction of sp³-hybridized carbons (Fsp3) is 0.571. The van der Waals surface area contributed by atoms with Gasteiger partial charge in [-0.25, -0.2) is 0 Å². The molecule has 0 spiro atoms. The number of fused-ring (bicyclic) bond motifs is 1. The van der Waals surface area contributed by atoms with E-state index in [0.717, 1.165) is 11.3 Å². The van der Waals surface area contributed by atoms with Gasteiger partial charge in [-0.15, -0.1) is 0 Å². The molecule has 0 aromatic heterocycles. The van der Waals surface area contributed by atoms with Gasteiger partial charge in [-0.1, -0.05) is 17.2 Å². The normalized spacial score (nSPS) is 36.1. The first-order valence-corrected chi connectivity index (χ1v) is 6.96. The summed E-state index contributed by atoms with van der Waals surface area (Å²) in [5.41, 5.74) is 9.45. The van der Waals surface area contributed by atoms with E-state index in [4.69, 9.17) is 19.7 Å². The lowest BCUT2D eigenvalue weighted by Crippen LogP contribution is -2.53. The maximum absolute atomic E-state index is 10.2. The van der Waals surface area contributed by atoms with Crippen LogP contribution in [0.3, 0.4) is 0 Å². The first-order valence-electron chi connectivity index (χ1n) is 6.96. The number of hydrogen-bond donors (Lipinski definition) is 2. The number of aliphatic hydroxyl groups is 2. The van der Waals surface area contributed by atoms with Crippen LogP contribution < -0.4 is 4.74 Å². The van der Waals surface area contributed by atoms with Crippen molar-refractivity contribution in [3.05, 3.63) is 40.3 Å². The highest BCUT2D eigenvalue weighted by Crippen LogP contribution is 2.40. The molecule has 8 heteroatoms. The zero-order chi connectivity index (χ0) is 15.7. The number of ether oxygens (including phenoxy) is 3. The first-order chi connectivity index (χ1) is 10.7. The van der Waals surface area contributed by atoms with E-state index in [2.05, 4.69) is 10.0 Å². The van der Waals surface area contributed by atoms with Crippen molar-refractivity contribution in [3.8, 4) is 5.75 Å². The number of methoxy groups -OCH3 is 1. The van der Waals surface area contributed by atoms with Crippen molar-refractivity contribution < 1.29 is 24.4 Å². The molecule has 0 radical (unpaired) electrons. The highest BCUT2D eigenvalue weighted by atomic mass is 16.6. The number of azide groups is 1. The van der Waals surface area contributed by atoms with Crippen molar-refractivity contribution in [2.45, 2.75) is 43.2 Å². The van der Waals surface area contributed by atoms with Gasteiger partial charge in [0, 0.05) is 4.91 Å². The van der Waals surface area contributed by atoms with E-state index < -0.39 is 30.5 Å². The zero-order valence-electron chi connectivity index (χ0n) is 11.9. The Morgan fingerprint density at radius 3 is 2.59 bits per heavy atom. The van der Waals surface area contributed by atoms with Gasteiger partial charge in [-0.2, -0.15) is 0 Å². The van der Waals surface area contributed by atoms with Crippen LogP contribution in [0.1, 0.15) is 5.56 Å². The van der Waals surface area contributed by atoms with Gasteiger partial charge < -0.3 is 24.4 Å². The molecule has 1 aliphatic carbocycles. The van der Waals surface area contributed by atoms with Crippen molar-refractivity contribution in [1.82, 2.24) is 0 Å². The van der Waals surface area contributed by atoms with Crippen LogP contribution in [0.5, 0.6) is 5.75 Å². The molecular weight excluding hydrogens is 290 g/mol. The van der Waals surface area contributed by atoms with Crippen molar-refractivity contribution in [3.63, 3.8) is 0 Å². The van der Waals surface area contributed by atoms with Crippen LogP contribution in [0.25, 0.3) is 10.4 Å². The van der Waals surface area contributed by atoms with E-state index in [0.29, 0.717) is 0 Å². The summed E-state index contributed by atoms with van der Waals surface area (Å²) in [6.45, 7) is 0.275. The second-order valence-electron chi connectivity index (χ2n) is 5.37. The summed E-state index contributed by atoms with van der Waals surface area (Å²) in [5, 5.41) is 23.6. The van der Waals surface area contributed by atoms with E-state index in [-0.39, 0.29) is 12.7 Å². The number of hydrogen-bond acceptors (Lipinski definition) is 6. The van der Waals surface area contributed by atoms with E-state index >= 15 is 0 Å². The van der Waals surface area contributed by atoms with Gasteiger partial charge in [-0.05, 0) is 23.2 Å². The van der Waals surface area contributed by atoms with Crippen LogP contribution in [-0.2, 0) is 16.1 Å². The van der Waals surface area contributed by atoms with Crippen LogP contribution in [0.2, 0.25) is 0 Å². The van der Waals surface area contributed by atoms with Gasteiger partial charge in [0.05, 0.1) is 32.0 Å². The molecule has 118 valence electrons. The van der Waals surface area contributed by atoms with Crippen molar-refractivity contribution in [2.24, 2.45) is 5.11 Å². The Bertz CT molecular complexity index is 574. The molecule has 1 aromatic rings. The van der Waals surface area contributed by atoms with E-state index in [1.807, 2.05) is 24.3 Å². The molecule has 8 nitrogen and oxygen atoms in total. The number of epoxide rings is 1. The Balaban J connectivity index is 1.65. The van der Waals surface area contributed by atoms with Crippen LogP contribution in [0.15, 0.2) is 29.4 Å². The van der Waals surface area contributed by atoms with Gasteiger partial charge >= 0.3 is 0 Å². The quantitative estimate of drug-likeness (QED) is 0.360. The van der Waals surface area contributed by atoms with Crippen molar-refractivity contribution in [2.75, 3.05) is 7.11 Å². The number of aliphatic hydroxyl groups excluding tert-OH is 2. The van der Waals surface area contributed by atoms with Crippen molar-refractivity contribution in [1.29, 1.82) is 0 Å². The summed E-state index contributed by atoms with van der Waals surface area (Å²) in [4.78, 5) is 2.66. The summed E-state index contributed by atoms with van der Waals surface area (Å²) >= 11 is 0. The lowest BCUT2D eigenvalue weighted by atomic mass is 9.88. The third kappa shape index (κ3) is 2.75. The summed E-state index contributed by atoms with van der Waals surface area (Å²) < 4.78 is 16.1. The maximum atomic E-state index is 10.2. The molecule has 2 aliphatic rings. The topological polar surface area (TPSA) is 120 Å². The number of benzene rings is 1. The monoisotopic (exact) mass is 307 g/mol. The van der Waals surface area contributed by atoms with E-state index in [1.54, 1.807) is 7.11 Å². The maximum Gasteiger partial charge on any atom is 0.118 e. The molecule has 3 rings (SSSR count). The lowest BCUT2D eigenvalue weighted by molar-refractivity contribution is -0.0902. The average molecular weight is 307 g/mol. The Kier molecular flexibility index (Phi) is 4.19. The van der Waals surface area contributed by atoms with E-state index in [1.165, 1.54) is 0 Å². The van der Waals surface area contributed by atoms with Crippen LogP contribution >= 0.6 is 0 Å². The Morgan fingerprint density at radius 1 is 1.23 bits per heavy atom. The van der Waals surface area contributed by atoms with Gasteiger partial charge in [-0.3, -0.25) is 0 Å². The molecule has 22 heavy (non-hydrogen) atoms. The van der Waals surface area contributed by atoms with Crippen LogP contribution in [-0.4, -0.2) is 53.9 Å². The van der Waals surface area contributed by atoms with Gasteiger partial charge in [0.2, 0.25) is 0 Å². The zero-order valence-corrected chi connectivity index (χ0v) is 11.9. The minimum absolute atomic E-state index is 0.275. The Labute approximate surface area is 126 Å². The van der Waals surface area contributed by atoms with Gasteiger partial charge in [0.1, 0.15) is 24.1 Å². The minimum atomic E-state index is -1.10. The second-order valence-corrected chi connectivity index (χ2v) is 5.37. The third-order valence-electron chi connectivity index (χ3n) is 4.04. The number of nitrogens with zero attached hydrogens (tertiary/aromatic N) is 3. The first kappa shape index (κ1) is 15.1. The molecule has 2 fully saturated rings. The molecule has 0 bridgehead atoms. The molecular formula is C14H17N3O5. The number of rotatable bonds is 5. The summed E-state index contributed by atoms with van der Waals surface area (Å²) in [7, 11) is 1.59. The Morgan fingerprint density at radius 2 is 1.95 bits per heavy atom. The highest BCUT2D eigenvalue weighted by molar-refractivity contribution is 5.26. The van der Waals surface area contributed by atoms with Crippen LogP contribution in [0.4, 0.5) is 0 Å². The fourth-order valence-corrected chi connectivity index (χ4v) is 2.76. The van der Waals surface area contributed by atoms with E-state index in [9.17, 15) is 10.2 Å². The smallest absolute Gasteiger partial charge is 0.118 e. The fourth-order valence-electron chi connectivity index (χ4n) is 2.76. The summed E-state index contributed by atoms with van der Waals surface area (Å²) in [5.74, 6) is 0.749. The molecule has 2 N–H and O–H groups in total. The molecule has 1 saturated carbocycles. The lowest BCUT2D eigenvalue weighted by Gasteiger charge is -2.32. The van der Waals surface area contributed by atoms with Gasteiger partial charge in [0.25, 0.3) is 0 Å². The molecule has 1 heterocycles. The molecule has 1 aliphatic heterocycles. The standard InChI is InChI=1S/C14H17N3O5/c1-20-8-4-2-7(3-5-8)6-21-12-10(18)9(16-17-15)11(19)13-14(12)22-13/h2-5,9-14,18-19H,6H2,1H3/t9-,10-,11+,12+,13+,14-/m1/s1. The summed E-state index contributed by atoms with van der Waals surface area (Å²) in [6, 6.07) is 6.39.